The van der Waals surface area contributed by atoms with Crippen molar-refractivity contribution >= 4 is 28.8 Å². The fourth-order valence-corrected chi connectivity index (χ4v) is 1.69. The van der Waals surface area contributed by atoms with Crippen LogP contribution in [0, 0.1) is 5.92 Å². The first kappa shape index (κ1) is 8.26. The number of carbonyl (C=O) groups excluding carboxylic acids is 1. The maximum absolute atomic E-state index is 10.7. The minimum atomic E-state index is -0.135. The number of rotatable bonds is 1. The molecule has 0 bridgehead atoms. The van der Waals surface area contributed by atoms with Crippen LogP contribution in [0.2, 0.25) is 0 Å². The predicted octanol–water partition coefficient (Wildman–Crippen LogP) is 0.534. The van der Waals surface area contributed by atoms with Gasteiger partial charge >= 0.3 is 0 Å². The molecule has 1 heterocycles. The number of primary amides is 1. The molecule has 1 saturated heterocycles. The smallest absolute Gasteiger partial charge is 0.220 e. The second-order valence-electron chi connectivity index (χ2n) is 2.59. The predicted molar refractivity (Wildman–Crippen MR) is 47.5 cm³/mol. The van der Waals surface area contributed by atoms with Gasteiger partial charge in [-0.3, -0.25) is 4.79 Å². The Balaban J connectivity index is 2.33. The number of halogens is 1. The number of amides is 1. The highest BCUT2D eigenvalue weighted by Crippen LogP contribution is 2.18. The monoisotopic (exact) mass is 254 g/mol. The van der Waals surface area contributed by atoms with Gasteiger partial charge in [0, 0.05) is 41.9 Å². The second-order valence-corrected chi connectivity index (χ2v) is 3.95. The van der Waals surface area contributed by atoms with Gasteiger partial charge in [0.1, 0.15) is 0 Å². The molecule has 10 heavy (non-hydrogen) atoms. The number of carbonyl (C=O) groups is 1. The zero-order chi connectivity index (χ0) is 7.56. The standard InChI is InChI=1S/C6H11IN2O/c7-9-3-1-5(2-4-9)6(8)10/h5H,1-4H2,(H2,8,10). The van der Waals surface area contributed by atoms with Crippen LogP contribution in [0.5, 0.6) is 0 Å². The molecule has 3 nitrogen and oxygen atoms in total. The van der Waals surface area contributed by atoms with Crippen LogP contribution in [0.15, 0.2) is 0 Å². The van der Waals surface area contributed by atoms with E-state index >= 15 is 0 Å². The number of hydrogen-bond donors (Lipinski definition) is 1. The van der Waals surface area contributed by atoms with Crippen molar-refractivity contribution < 1.29 is 4.79 Å². The van der Waals surface area contributed by atoms with Crippen molar-refractivity contribution in [1.29, 1.82) is 0 Å². The minimum Gasteiger partial charge on any atom is -0.369 e. The Labute approximate surface area is 74.4 Å². The van der Waals surface area contributed by atoms with Gasteiger partial charge in [0.2, 0.25) is 5.91 Å². The summed E-state index contributed by atoms with van der Waals surface area (Å²) in [5.41, 5.74) is 5.15. The summed E-state index contributed by atoms with van der Waals surface area (Å²) in [5, 5.41) is 0. The molecule has 0 radical (unpaired) electrons. The Kier molecular flexibility index (Phi) is 2.91. The first-order chi connectivity index (χ1) is 4.70. The van der Waals surface area contributed by atoms with Crippen LogP contribution in [-0.2, 0) is 4.79 Å². The van der Waals surface area contributed by atoms with Crippen molar-refractivity contribution in [1.82, 2.24) is 3.11 Å². The molecule has 58 valence electrons. The zero-order valence-electron chi connectivity index (χ0n) is 5.72. The van der Waals surface area contributed by atoms with Crippen molar-refractivity contribution in [2.24, 2.45) is 11.7 Å². The van der Waals surface area contributed by atoms with E-state index in [0.717, 1.165) is 25.9 Å². The molecule has 0 atom stereocenters. The summed E-state index contributed by atoms with van der Waals surface area (Å²) in [6.07, 6.45) is 1.86. The van der Waals surface area contributed by atoms with Crippen LogP contribution >= 0.6 is 22.9 Å². The second kappa shape index (κ2) is 3.52. The molecule has 1 rings (SSSR count). The molecule has 0 aromatic carbocycles. The van der Waals surface area contributed by atoms with E-state index in [1.165, 1.54) is 0 Å². The van der Waals surface area contributed by atoms with Crippen molar-refractivity contribution in [3.63, 3.8) is 0 Å². The van der Waals surface area contributed by atoms with Crippen LogP contribution in [0.25, 0.3) is 0 Å². The summed E-state index contributed by atoms with van der Waals surface area (Å²) >= 11 is 2.27. The lowest BCUT2D eigenvalue weighted by molar-refractivity contribution is -0.122. The number of nitrogens with zero attached hydrogens (tertiary/aromatic N) is 1. The number of hydrogen-bond acceptors (Lipinski definition) is 2. The molecule has 0 aromatic heterocycles. The Bertz CT molecular complexity index is 132. The molecule has 0 aliphatic carbocycles. The summed E-state index contributed by atoms with van der Waals surface area (Å²) < 4.78 is 2.19. The quantitative estimate of drug-likeness (QED) is 0.548. The SMILES string of the molecule is NC(=O)C1CCN(I)CC1. The van der Waals surface area contributed by atoms with Gasteiger partial charge in [-0.25, -0.2) is 3.11 Å². The molecule has 0 unspecified atom stereocenters. The van der Waals surface area contributed by atoms with Crippen LogP contribution < -0.4 is 5.73 Å². The molecule has 1 aliphatic heterocycles. The molecular formula is C6H11IN2O. The first-order valence-corrected chi connectivity index (χ1v) is 4.36. The fourth-order valence-electron chi connectivity index (χ4n) is 1.13. The van der Waals surface area contributed by atoms with Gasteiger partial charge in [0.05, 0.1) is 0 Å². The van der Waals surface area contributed by atoms with Gasteiger partial charge in [-0.15, -0.1) is 0 Å². The Hall–Kier alpha value is 0.160. The lowest BCUT2D eigenvalue weighted by atomic mass is 9.98. The summed E-state index contributed by atoms with van der Waals surface area (Å²) in [5.74, 6) is -0.00415. The van der Waals surface area contributed by atoms with Gasteiger partial charge in [0.25, 0.3) is 0 Å². The van der Waals surface area contributed by atoms with E-state index in [-0.39, 0.29) is 11.8 Å². The normalized spacial score (nSPS) is 22.9. The van der Waals surface area contributed by atoms with E-state index in [4.69, 9.17) is 5.73 Å². The maximum atomic E-state index is 10.7. The summed E-state index contributed by atoms with van der Waals surface area (Å²) in [6, 6.07) is 0. The first-order valence-electron chi connectivity index (χ1n) is 3.40. The van der Waals surface area contributed by atoms with Crippen molar-refractivity contribution in [2.45, 2.75) is 12.8 Å². The number of nitrogens with two attached hydrogens (primary N) is 1. The minimum absolute atomic E-state index is 0.131. The van der Waals surface area contributed by atoms with Crippen molar-refractivity contribution in [3.8, 4) is 0 Å². The van der Waals surface area contributed by atoms with E-state index in [1.54, 1.807) is 0 Å². The third-order valence-electron chi connectivity index (χ3n) is 1.84. The van der Waals surface area contributed by atoms with Crippen LogP contribution in [-0.4, -0.2) is 22.1 Å². The zero-order valence-corrected chi connectivity index (χ0v) is 7.87. The van der Waals surface area contributed by atoms with E-state index < -0.39 is 0 Å². The van der Waals surface area contributed by atoms with Gasteiger partial charge in [-0.1, -0.05) is 0 Å². The van der Waals surface area contributed by atoms with Gasteiger partial charge in [-0.05, 0) is 12.8 Å². The summed E-state index contributed by atoms with van der Waals surface area (Å²) in [4.78, 5) is 10.7. The molecule has 1 fully saturated rings. The summed E-state index contributed by atoms with van der Waals surface area (Å²) in [6.45, 7) is 1.99. The molecule has 0 saturated carbocycles. The largest absolute Gasteiger partial charge is 0.369 e. The van der Waals surface area contributed by atoms with Crippen LogP contribution in [0.1, 0.15) is 12.8 Å². The highest BCUT2D eigenvalue weighted by molar-refractivity contribution is 14.1. The van der Waals surface area contributed by atoms with E-state index in [0.29, 0.717) is 0 Å². The Morgan fingerprint density at radius 2 is 2.00 bits per heavy atom. The van der Waals surface area contributed by atoms with E-state index in [2.05, 4.69) is 26.0 Å². The highest BCUT2D eigenvalue weighted by atomic mass is 127. The van der Waals surface area contributed by atoms with Crippen molar-refractivity contribution in [3.05, 3.63) is 0 Å². The molecule has 1 aliphatic rings. The average molecular weight is 254 g/mol. The van der Waals surface area contributed by atoms with Gasteiger partial charge in [0.15, 0.2) is 0 Å². The van der Waals surface area contributed by atoms with Crippen LogP contribution in [0.4, 0.5) is 0 Å². The molecule has 0 spiro atoms. The molecule has 0 aromatic rings. The van der Waals surface area contributed by atoms with E-state index in [9.17, 15) is 4.79 Å². The van der Waals surface area contributed by atoms with Crippen LogP contribution in [0.3, 0.4) is 0 Å². The molecule has 1 amide bonds. The number of piperidine rings is 1. The molecule has 2 N–H and O–H groups in total. The lowest BCUT2D eigenvalue weighted by Crippen LogP contribution is -2.33. The Morgan fingerprint density at radius 1 is 1.50 bits per heavy atom. The third kappa shape index (κ3) is 2.09. The average Bonchev–Trinajstić information content (AvgIpc) is 1.88. The van der Waals surface area contributed by atoms with E-state index in [1.807, 2.05) is 0 Å². The Morgan fingerprint density at radius 3 is 2.40 bits per heavy atom. The lowest BCUT2D eigenvalue weighted by Gasteiger charge is -2.24. The highest BCUT2D eigenvalue weighted by Gasteiger charge is 2.21. The fraction of sp³-hybridized carbons (Fsp3) is 0.833. The van der Waals surface area contributed by atoms with Gasteiger partial charge in [-0.2, -0.15) is 0 Å². The maximum Gasteiger partial charge on any atom is 0.220 e. The molecular weight excluding hydrogens is 243 g/mol. The topological polar surface area (TPSA) is 46.3 Å². The summed E-state index contributed by atoms with van der Waals surface area (Å²) in [7, 11) is 0. The van der Waals surface area contributed by atoms with Gasteiger partial charge < -0.3 is 5.73 Å². The third-order valence-corrected chi connectivity index (χ3v) is 2.81. The van der Waals surface area contributed by atoms with Crippen molar-refractivity contribution in [2.75, 3.05) is 13.1 Å². The molecule has 4 heteroatoms.